The molecule has 1 aliphatic rings. The average Bonchev–Trinajstić information content (AvgIpc) is 2.94. The van der Waals surface area contributed by atoms with Crippen LogP contribution in [0.3, 0.4) is 0 Å². The Morgan fingerprint density at radius 1 is 1.16 bits per heavy atom. The molecule has 1 aromatic heterocycles. The molecule has 1 saturated carbocycles. The molecule has 1 fully saturated rings. The predicted octanol–water partition coefficient (Wildman–Crippen LogP) is 1.49. The standard InChI is InChI=1S/C18H23N5O2/c19-17(24)14-9-5-2-6-10-15(14)20-18(25)16-12-23(22-21-16)11-13-7-3-1-4-8-13/h1,3-4,7-8,12,14-15H,2,5-6,9-11H2,(H2,19,24)(H,20,25)/t14-,15-/m1/s1. The highest BCUT2D eigenvalue weighted by molar-refractivity contribution is 5.92. The van der Waals surface area contributed by atoms with Crippen molar-refractivity contribution in [2.75, 3.05) is 0 Å². The lowest BCUT2D eigenvalue weighted by Gasteiger charge is -2.23. The molecule has 2 atom stereocenters. The molecule has 1 aliphatic carbocycles. The number of nitrogens with one attached hydrogen (secondary N) is 1. The molecule has 25 heavy (non-hydrogen) atoms. The summed E-state index contributed by atoms with van der Waals surface area (Å²) in [6.45, 7) is 0.550. The van der Waals surface area contributed by atoms with Gasteiger partial charge in [-0.3, -0.25) is 9.59 Å². The van der Waals surface area contributed by atoms with Gasteiger partial charge in [0, 0.05) is 6.04 Å². The Labute approximate surface area is 146 Å². The van der Waals surface area contributed by atoms with Crippen LogP contribution in [0.5, 0.6) is 0 Å². The van der Waals surface area contributed by atoms with Crippen LogP contribution < -0.4 is 11.1 Å². The molecule has 0 spiro atoms. The van der Waals surface area contributed by atoms with Gasteiger partial charge in [0.2, 0.25) is 5.91 Å². The van der Waals surface area contributed by atoms with Crippen molar-refractivity contribution in [3.63, 3.8) is 0 Å². The minimum Gasteiger partial charge on any atom is -0.369 e. The molecular weight excluding hydrogens is 318 g/mol. The van der Waals surface area contributed by atoms with Crippen LogP contribution in [0.1, 0.15) is 48.2 Å². The summed E-state index contributed by atoms with van der Waals surface area (Å²) in [6, 6.07) is 9.61. The van der Waals surface area contributed by atoms with Crippen molar-refractivity contribution in [3.05, 3.63) is 47.8 Å². The third kappa shape index (κ3) is 4.43. The molecule has 2 aromatic rings. The van der Waals surface area contributed by atoms with Gasteiger partial charge in [0.15, 0.2) is 5.69 Å². The molecular formula is C18H23N5O2. The summed E-state index contributed by atoms with van der Waals surface area (Å²) < 4.78 is 1.63. The van der Waals surface area contributed by atoms with Gasteiger partial charge in [0.05, 0.1) is 18.7 Å². The van der Waals surface area contributed by atoms with E-state index < -0.39 is 0 Å². The third-order valence-corrected chi connectivity index (χ3v) is 4.66. The summed E-state index contributed by atoms with van der Waals surface area (Å²) in [6.07, 6.45) is 6.11. The molecule has 0 aliphatic heterocycles. The Morgan fingerprint density at radius 2 is 1.92 bits per heavy atom. The number of nitrogens with zero attached hydrogens (tertiary/aromatic N) is 3. The van der Waals surface area contributed by atoms with E-state index in [4.69, 9.17) is 5.73 Å². The summed E-state index contributed by atoms with van der Waals surface area (Å²) in [4.78, 5) is 24.2. The summed E-state index contributed by atoms with van der Waals surface area (Å²) >= 11 is 0. The van der Waals surface area contributed by atoms with Gasteiger partial charge in [0.1, 0.15) is 0 Å². The van der Waals surface area contributed by atoms with E-state index in [0.717, 1.165) is 37.7 Å². The van der Waals surface area contributed by atoms with Crippen LogP contribution in [0, 0.1) is 5.92 Å². The van der Waals surface area contributed by atoms with Crippen molar-refractivity contribution < 1.29 is 9.59 Å². The number of hydrogen-bond donors (Lipinski definition) is 2. The zero-order valence-corrected chi connectivity index (χ0v) is 14.1. The number of benzene rings is 1. The lowest BCUT2D eigenvalue weighted by Crippen LogP contribution is -2.45. The number of carbonyl (C=O) groups is 2. The van der Waals surface area contributed by atoms with Crippen LogP contribution in [-0.4, -0.2) is 32.9 Å². The van der Waals surface area contributed by atoms with E-state index in [2.05, 4.69) is 15.6 Å². The fourth-order valence-corrected chi connectivity index (χ4v) is 3.31. The molecule has 0 unspecified atom stereocenters. The number of amides is 2. The normalized spacial score (nSPS) is 20.6. The number of rotatable bonds is 5. The summed E-state index contributed by atoms with van der Waals surface area (Å²) in [5, 5.41) is 10.9. The predicted molar refractivity (Wildman–Crippen MR) is 92.6 cm³/mol. The molecule has 3 N–H and O–H groups in total. The zero-order chi connectivity index (χ0) is 17.6. The van der Waals surface area contributed by atoms with Crippen LogP contribution >= 0.6 is 0 Å². The van der Waals surface area contributed by atoms with Gasteiger partial charge >= 0.3 is 0 Å². The van der Waals surface area contributed by atoms with Crippen molar-refractivity contribution >= 4 is 11.8 Å². The Bertz CT molecular complexity index is 728. The highest BCUT2D eigenvalue weighted by Crippen LogP contribution is 2.23. The second kappa shape index (κ2) is 7.92. The number of primary amides is 1. The van der Waals surface area contributed by atoms with Crippen molar-refractivity contribution in [2.24, 2.45) is 11.7 Å². The maximum absolute atomic E-state index is 12.5. The van der Waals surface area contributed by atoms with E-state index in [1.807, 2.05) is 30.3 Å². The molecule has 132 valence electrons. The fourth-order valence-electron chi connectivity index (χ4n) is 3.31. The van der Waals surface area contributed by atoms with Gasteiger partial charge in [-0.1, -0.05) is 54.8 Å². The number of carbonyl (C=O) groups excluding carboxylic acids is 2. The molecule has 7 nitrogen and oxygen atoms in total. The van der Waals surface area contributed by atoms with E-state index in [-0.39, 0.29) is 29.5 Å². The second-order valence-corrected chi connectivity index (χ2v) is 6.51. The lowest BCUT2D eigenvalue weighted by molar-refractivity contribution is -0.122. The maximum Gasteiger partial charge on any atom is 0.273 e. The van der Waals surface area contributed by atoms with Crippen LogP contribution in [-0.2, 0) is 11.3 Å². The average molecular weight is 341 g/mol. The summed E-state index contributed by atoms with van der Waals surface area (Å²) in [5.41, 5.74) is 6.84. The van der Waals surface area contributed by atoms with Crippen LogP contribution in [0.2, 0.25) is 0 Å². The number of aromatic nitrogens is 3. The van der Waals surface area contributed by atoms with Crippen LogP contribution in [0.25, 0.3) is 0 Å². The quantitative estimate of drug-likeness (QED) is 0.804. The zero-order valence-electron chi connectivity index (χ0n) is 14.1. The first-order chi connectivity index (χ1) is 12.1. The highest BCUT2D eigenvalue weighted by atomic mass is 16.2. The first-order valence-electron chi connectivity index (χ1n) is 8.68. The van der Waals surface area contributed by atoms with E-state index in [1.54, 1.807) is 10.9 Å². The van der Waals surface area contributed by atoms with Crippen molar-refractivity contribution in [2.45, 2.75) is 44.7 Å². The Balaban J connectivity index is 1.65. The SMILES string of the molecule is NC(=O)[C@@H]1CCCCC[C@H]1NC(=O)c1cn(Cc2ccccc2)nn1. The molecule has 1 heterocycles. The summed E-state index contributed by atoms with van der Waals surface area (Å²) in [7, 11) is 0. The Hall–Kier alpha value is -2.70. The van der Waals surface area contributed by atoms with E-state index in [1.165, 1.54) is 0 Å². The topological polar surface area (TPSA) is 103 Å². The first-order valence-corrected chi connectivity index (χ1v) is 8.68. The second-order valence-electron chi connectivity index (χ2n) is 6.51. The lowest BCUT2D eigenvalue weighted by atomic mass is 9.94. The molecule has 0 saturated heterocycles. The van der Waals surface area contributed by atoms with Crippen molar-refractivity contribution in [1.29, 1.82) is 0 Å². The van der Waals surface area contributed by atoms with Gasteiger partial charge in [-0.25, -0.2) is 4.68 Å². The maximum atomic E-state index is 12.5. The van der Waals surface area contributed by atoms with Gasteiger partial charge in [0.25, 0.3) is 5.91 Å². The van der Waals surface area contributed by atoms with E-state index >= 15 is 0 Å². The molecule has 2 amide bonds. The van der Waals surface area contributed by atoms with Crippen LogP contribution in [0.4, 0.5) is 0 Å². The Morgan fingerprint density at radius 3 is 2.68 bits per heavy atom. The smallest absolute Gasteiger partial charge is 0.273 e. The van der Waals surface area contributed by atoms with E-state index in [9.17, 15) is 9.59 Å². The van der Waals surface area contributed by atoms with Crippen LogP contribution in [0.15, 0.2) is 36.5 Å². The largest absolute Gasteiger partial charge is 0.369 e. The molecule has 7 heteroatoms. The minimum atomic E-state index is -0.347. The number of hydrogen-bond acceptors (Lipinski definition) is 4. The van der Waals surface area contributed by atoms with E-state index in [0.29, 0.717) is 6.54 Å². The highest BCUT2D eigenvalue weighted by Gasteiger charge is 2.30. The van der Waals surface area contributed by atoms with Crippen molar-refractivity contribution in [1.82, 2.24) is 20.3 Å². The molecule has 0 radical (unpaired) electrons. The molecule has 0 bridgehead atoms. The van der Waals surface area contributed by atoms with Gasteiger partial charge < -0.3 is 11.1 Å². The summed E-state index contributed by atoms with van der Waals surface area (Å²) in [5.74, 6) is -0.969. The van der Waals surface area contributed by atoms with Gasteiger partial charge in [-0.15, -0.1) is 5.10 Å². The Kier molecular flexibility index (Phi) is 5.42. The number of nitrogens with two attached hydrogens (primary N) is 1. The fraction of sp³-hybridized carbons (Fsp3) is 0.444. The van der Waals surface area contributed by atoms with Crippen molar-refractivity contribution in [3.8, 4) is 0 Å². The molecule has 3 rings (SSSR count). The molecule has 1 aromatic carbocycles. The minimum absolute atomic E-state index is 0.230. The monoisotopic (exact) mass is 341 g/mol. The van der Waals surface area contributed by atoms with Gasteiger partial charge in [-0.2, -0.15) is 0 Å². The first kappa shape index (κ1) is 17.1. The van der Waals surface area contributed by atoms with Gasteiger partial charge in [-0.05, 0) is 18.4 Å². The third-order valence-electron chi connectivity index (χ3n) is 4.66.